The van der Waals surface area contributed by atoms with E-state index in [0.717, 1.165) is 11.0 Å². The highest BCUT2D eigenvalue weighted by molar-refractivity contribution is 5.91. The molecule has 0 saturated carbocycles. The Balaban J connectivity index is 1.93. The van der Waals surface area contributed by atoms with Crippen molar-refractivity contribution in [2.75, 3.05) is 7.11 Å². The maximum Gasteiger partial charge on any atom is 0.325 e. The molecule has 0 aliphatic carbocycles. The Hall–Kier alpha value is -3.09. The average molecular weight is 327 g/mol. The maximum absolute atomic E-state index is 12.2. The Bertz CT molecular complexity index is 867. The molecule has 24 heavy (non-hydrogen) atoms. The Labute approximate surface area is 138 Å². The molecule has 7 heteroatoms. The number of imidazole rings is 1. The van der Waals surface area contributed by atoms with Crippen molar-refractivity contribution in [3.05, 3.63) is 54.2 Å². The fourth-order valence-corrected chi connectivity index (χ4v) is 2.52. The zero-order valence-electron chi connectivity index (χ0n) is 13.4. The number of amides is 1. The van der Waals surface area contributed by atoms with Crippen molar-refractivity contribution in [3.8, 4) is 0 Å². The minimum Gasteiger partial charge on any atom is -0.468 e. The van der Waals surface area contributed by atoms with Crippen molar-refractivity contribution in [1.29, 1.82) is 0 Å². The number of carbonyl (C=O) groups is 2. The molecule has 0 bridgehead atoms. The van der Waals surface area contributed by atoms with Gasteiger partial charge < -0.3 is 19.0 Å². The summed E-state index contributed by atoms with van der Waals surface area (Å²) < 4.78 is 11.6. The van der Waals surface area contributed by atoms with E-state index in [1.165, 1.54) is 13.4 Å². The van der Waals surface area contributed by atoms with Crippen LogP contribution in [0, 0.1) is 0 Å². The quantitative estimate of drug-likeness (QED) is 0.727. The van der Waals surface area contributed by atoms with Gasteiger partial charge in [0.1, 0.15) is 12.4 Å². The van der Waals surface area contributed by atoms with Crippen molar-refractivity contribution < 1.29 is 18.7 Å². The number of fused-ring (bicyclic) bond motifs is 1. The molecule has 3 rings (SSSR count). The predicted octanol–water partition coefficient (Wildman–Crippen LogP) is 2.29. The summed E-state index contributed by atoms with van der Waals surface area (Å²) in [5, 5.41) is 2.82. The van der Waals surface area contributed by atoms with E-state index < -0.39 is 6.04 Å². The van der Waals surface area contributed by atoms with Crippen molar-refractivity contribution in [2.24, 2.45) is 0 Å². The zero-order valence-corrected chi connectivity index (χ0v) is 13.4. The van der Waals surface area contributed by atoms with Gasteiger partial charge in [0.2, 0.25) is 0 Å². The predicted molar refractivity (Wildman–Crippen MR) is 86.3 cm³/mol. The molecule has 2 aromatic heterocycles. The number of furan rings is 1. The van der Waals surface area contributed by atoms with Crippen LogP contribution in [0.2, 0.25) is 0 Å². The van der Waals surface area contributed by atoms with Gasteiger partial charge in [-0.1, -0.05) is 12.1 Å². The van der Waals surface area contributed by atoms with Crippen LogP contribution in [0.3, 0.4) is 0 Å². The number of hydrogen-bond donors (Lipinski definition) is 1. The summed E-state index contributed by atoms with van der Waals surface area (Å²) in [5.74, 6) is 0.0622. The molecule has 0 aliphatic rings. The number of para-hydroxylation sites is 2. The van der Waals surface area contributed by atoms with Crippen LogP contribution in [0.25, 0.3) is 11.0 Å². The van der Waals surface area contributed by atoms with Crippen LogP contribution in [0.5, 0.6) is 0 Å². The smallest absolute Gasteiger partial charge is 0.325 e. The monoisotopic (exact) mass is 327 g/mol. The lowest BCUT2D eigenvalue weighted by molar-refractivity contribution is -0.141. The molecule has 0 spiro atoms. The highest BCUT2D eigenvalue weighted by Gasteiger charge is 2.21. The number of nitrogens with one attached hydrogen (secondary N) is 1. The number of rotatable bonds is 5. The van der Waals surface area contributed by atoms with Gasteiger partial charge in [-0.2, -0.15) is 0 Å². The number of methoxy groups -OCH3 is 1. The first-order valence-corrected chi connectivity index (χ1v) is 7.46. The summed E-state index contributed by atoms with van der Waals surface area (Å²) in [6.07, 6.45) is 1.44. The molecule has 0 aliphatic heterocycles. The first-order valence-electron chi connectivity index (χ1n) is 7.46. The zero-order chi connectivity index (χ0) is 17.1. The number of aromatic nitrogens is 2. The van der Waals surface area contributed by atoms with E-state index in [-0.39, 0.29) is 24.2 Å². The van der Waals surface area contributed by atoms with E-state index in [2.05, 4.69) is 10.3 Å². The minimum atomic E-state index is -0.417. The largest absolute Gasteiger partial charge is 0.468 e. The number of ether oxygens (including phenoxy) is 1. The summed E-state index contributed by atoms with van der Waals surface area (Å²) in [6.45, 7) is 1.82. The fourth-order valence-electron chi connectivity index (χ4n) is 2.52. The molecule has 0 unspecified atom stereocenters. The molecule has 0 radical (unpaired) electrons. The van der Waals surface area contributed by atoms with Crippen LogP contribution in [0.4, 0.5) is 0 Å². The number of benzene rings is 1. The van der Waals surface area contributed by atoms with Gasteiger partial charge in [0.25, 0.3) is 5.91 Å². The van der Waals surface area contributed by atoms with Crippen LogP contribution >= 0.6 is 0 Å². The molecule has 2 heterocycles. The Morgan fingerprint density at radius 1 is 1.29 bits per heavy atom. The number of carbonyl (C=O) groups excluding carboxylic acids is 2. The van der Waals surface area contributed by atoms with Gasteiger partial charge in [-0.3, -0.25) is 9.59 Å². The molecule has 3 aromatic rings. The normalized spacial score (nSPS) is 12.1. The van der Waals surface area contributed by atoms with Crippen LogP contribution in [-0.2, 0) is 16.1 Å². The van der Waals surface area contributed by atoms with E-state index in [0.29, 0.717) is 5.82 Å². The van der Waals surface area contributed by atoms with Gasteiger partial charge in [0, 0.05) is 0 Å². The molecule has 1 atom stereocenters. The van der Waals surface area contributed by atoms with Gasteiger partial charge in [0.05, 0.1) is 30.4 Å². The topological polar surface area (TPSA) is 86.4 Å². The molecular weight excluding hydrogens is 310 g/mol. The summed E-state index contributed by atoms with van der Waals surface area (Å²) in [6, 6.07) is 10.3. The summed E-state index contributed by atoms with van der Waals surface area (Å²) >= 11 is 0. The van der Waals surface area contributed by atoms with Crippen LogP contribution in [0.1, 0.15) is 29.3 Å². The molecule has 0 fully saturated rings. The highest BCUT2D eigenvalue weighted by Crippen LogP contribution is 2.21. The van der Waals surface area contributed by atoms with E-state index in [9.17, 15) is 9.59 Å². The van der Waals surface area contributed by atoms with Crippen molar-refractivity contribution in [1.82, 2.24) is 14.9 Å². The fraction of sp³-hybridized carbons (Fsp3) is 0.235. The minimum absolute atomic E-state index is 0.0211. The van der Waals surface area contributed by atoms with Gasteiger partial charge >= 0.3 is 5.97 Å². The molecule has 7 nitrogen and oxygen atoms in total. The van der Waals surface area contributed by atoms with Gasteiger partial charge in [-0.05, 0) is 31.2 Å². The Morgan fingerprint density at radius 2 is 2.08 bits per heavy atom. The summed E-state index contributed by atoms with van der Waals surface area (Å²) in [5.41, 5.74) is 1.55. The molecule has 0 saturated heterocycles. The molecule has 1 N–H and O–H groups in total. The SMILES string of the molecule is COC(=O)Cn1c([C@@H](C)NC(=O)c2ccco2)nc2ccccc21. The van der Waals surface area contributed by atoms with Gasteiger partial charge in [0.15, 0.2) is 5.76 Å². The van der Waals surface area contributed by atoms with Crippen molar-refractivity contribution in [3.63, 3.8) is 0 Å². The van der Waals surface area contributed by atoms with Crippen LogP contribution in [-0.4, -0.2) is 28.5 Å². The molecule has 1 aromatic carbocycles. The Kier molecular flexibility index (Phi) is 4.33. The van der Waals surface area contributed by atoms with Gasteiger partial charge in [-0.25, -0.2) is 4.98 Å². The van der Waals surface area contributed by atoms with E-state index in [1.54, 1.807) is 23.6 Å². The average Bonchev–Trinajstić information content (AvgIpc) is 3.23. The van der Waals surface area contributed by atoms with Crippen LogP contribution < -0.4 is 5.32 Å². The van der Waals surface area contributed by atoms with Crippen molar-refractivity contribution in [2.45, 2.75) is 19.5 Å². The lowest BCUT2D eigenvalue weighted by Crippen LogP contribution is -2.29. The van der Waals surface area contributed by atoms with E-state index >= 15 is 0 Å². The Morgan fingerprint density at radius 3 is 2.79 bits per heavy atom. The van der Waals surface area contributed by atoms with Crippen molar-refractivity contribution >= 4 is 22.9 Å². The molecule has 124 valence electrons. The maximum atomic E-state index is 12.2. The summed E-state index contributed by atoms with van der Waals surface area (Å²) in [7, 11) is 1.34. The third-order valence-electron chi connectivity index (χ3n) is 3.68. The third-order valence-corrected chi connectivity index (χ3v) is 3.68. The third kappa shape index (κ3) is 3.01. The first kappa shape index (κ1) is 15.8. The van der Waals surface area contributed by atoms with E-state index in [1.807, 2.05) is 24.3 Å². The molecule has 1 amide bonds. The molecular formula is C17H17N3O4. The van der Waals surface area contributed by atoms with Crippen LogP contribution in [0.15, 0.2) is 47.1 Å². The summed E-state index contributed by atoms with van der Waals surface area (Å²) in [4.78, 5) is 28.4. The second kappa shape index (κ2) is 6.57. The number of nitrogens with zero attached hydrogens (tertiary/aromatic N) is 2. The highest BCUT2D eigenvalue weighted by atomic mass is 16.5. The van der Waals surface area contributed by atoms with E-state index in [4.69, 9.17) is 9.15 Å². The first-order chi connectivity index (χ1) is 11.6. The lowest BCUT2D eigenvalue weighted by Gasteiger charge is -2.15. The number of hydrogen-bond acceptors (Lipinski definition) is 5. The second-order valence-electron chi connectivity index (χ2n) is 5.29. The standard InChI is InChI=1S/C17H17N3O4/c1-11(18-17(22)14-8-5-9-24-14)16-19-12-6-3-4-7-13(12)20(16)10-15(21)23-2/h3-9,11H,10H2,1-2H3,(H,18,22)/t11-/m1/s1. The second-order valence-corrected chi connectivity index (χ2v) is 5.29. The number of esters is 1. The van der Waals surface area contributed by atoms with Gasteiger partial charge in [-0.15, -0.1) is 0 Å². The lowest BCUT2D eigenvalue weighted by atomic mass is 10.3.